The zero-order valence-corrected chi connectivity index (χ0v) is 29.9. The van der Waals surface area contributed by atoms with E-state index >= 15 is 0 Å². The lowest BCUT2D eigenvalue weighted by molar-refractivity contribution is 0.672. The molecule has 2 nitrogen and oxygen atoms in total. The first-order valence-corrected chi connectivity index (χ1v) is 19.0. The molecule has 0 radical (unpaired) electrons. The molecule has 2 heteroatoms. The number of nitrogens with zero attached hydrogens (tertiary/aromatic N) is 1. The Morgan fingerprint density at radius 2 is 0.927 bits per heavy atom. The van der Waals surface area contributed by atoms with Gasteiger partial charge in [-0.15, -0.1) is 0 Å². The predicted octanol–water partition coefficient (Wildman–Crippen LogP) is 14.2. The van der Waals surface area contributed by atoms with Gasteiger partial charge in [-0.3, -0.25) is 0 Å². The van der Waals surface area contributed by atoms with Crippen molar-refractivity contribution in [2.24, 2.45) is 0 Å². The van der Waals surface area contributed by atoms with Gasteiger partial charge in [0.15, 0.2) is 0 Å². The van der Waals surface area contributed by atoms with Crippen LogP contribution < -0.4 is 4.90 Å². The van der Waals surface area contributed by atoms with Crippen LogP contribution in [0.4, 0.5) is 17.1 Å². The highest BCUT2D eigenvalue weighted by atomic mass is 16.3. The molecule has 1 spiro atoms. The minimum absolute atomic E-state index is 0.435. The van der Waals surface area contributed by atoms with E-state index in [0.29, 0.717) is 0 Å². The third kappa shape index (κ3) is 4.08. The lowest BCUT2D eigenvalue weighted by Crippen LogP contribution is -2.26. The third-order valence-electron chi connectivity index (χ3n) is 12.1. The summed E-state index contributed by atoms with van der Waals surface area (Å²) >= 11 is 0. The maximum Gasteiger partial charge on any atom is 0.143 e. The van der Waals surface area contributed by atoms with Gasteiger partial charge in [-0.2, -0.15) is 0 Å². The quantitative estimate of drug-likeness (QED) is 0.182. The summed E-state index contributed by atoms with van der Waals surface area (Å²) in [6, 6.07) is 73.1. The Balaban J connectivity index is 1.16. The van der Waals surface area contributed by atoms with E-state index in [1.54, 1.807) is 0 Å². The first-order valence-electron chi connectivity index (χ1n) is 19.0. The van der Waals surface area contributed by atoms with Gasteiger partial charge in [0, 0.05) is 22.1 Å². The molecule has 0 fully saturated rings. The van der Waals surface area contributed by atoms with Crippen LogP contribution in [0.5, 0.6) is 0 Å². The molecule has 0 bridgehead atoms. The van der Waals surface area contributed by atoms with E-state index < -0.39 is 5.41 Å². The van der Waals surface area contributed by atoms with Gasteiger partial charge < -0.3 is 9.32 Å². The summed E-state index contributed by atoms with van der Waals surface area (Å²) in [5.74, 6) is 0. The van der Waals surface area contributed by atoms with Gasteiger partial charge in [-0.25, -0.2) is 0 Å². The van der Waals surface area contributed by atoms with E-state index in [2.05, 4.69) is 205 Å². The highest BCUT2D eigenvalue weighted by Gasteiger charge is 2.51. The summed E-state index contributed by atoms with van der Waals surface area (Å²) in [7, 11) is 0. The molecule has 256 valence electrons. The fourth-order valence-electron chi connectivity index (χ4n) is 9.90. The SMILES string of the molecule is c1ccc(-c2cc3c(oc4cccc(N(c5ccccc5)c5ccc6c(c5)C5(c7ccccc7-c7ccccc75)c5ccccc5-6)c43)c3ccccc23)cc1. The van der Waals surface area contributed by atoms with Gasteiger partial charge in [0.25, 0.3) is 0 Å². The van der Waals surface area contributed by atoms with Crippen LogP contribution in [-0.4, -0.2) is 0 Å². The molecule has 2 aliphatic rings. The number of para-hydroxylation sites is 1. The normalized spacial score (nSPS) is 13.2. The molecule has 9 aromatic carbocycles. The number of benzene rings is 9. The molecule has 0 amide bonds. The zero-order chi connectivity index (χ0) is 36.1. The second-order valence-corrected chi connectivity index (χ2v) is 14.8. The minimum atomic E-state index is -0.435. The Morgan fingerprint density at radius 1 is 0.364 bits per heavy atom. The Kier molecular flexibility index (Phi) is 6.29. The van der Waals surface area contributed by atoms with E-state index in [-0.39, 0.29) is 0 Å². The molecular weight excluding hydrogens is 667 g/mol. The minimum Gasteiger partial charge on any atom is -0.455 e. The maximum absolute atomic E-state index is 6.86. The molecule has 0 saturated heterocycles. The molecule has 0 unspecified atom stereocenters. The molecule has 12 rings (SSSR count). The standard InChI is InChI=1S/C53H33NO/c1-3-16-34(17-4-1)43-33-44-51-49(28-15-29-50(51)55-52(44)42-24-8-7-20-37(42)43)54(35-18-5-2-6-19-35)36-30-31-41-40-23-11-14-27-47(40)53(48(41)32-36)45-25-12-9-21-38(45)39-22-10-13-26-46(39)53/h1-33H. The number of fused-ring (bicyclic) bond motifs is 15. The highest BCUT2D eigenvalue weighted by molar-refractivity contribution is 6.22. The number of furan rings is 1. The molecule has 10 aromatic rings. The van der Waals surface area contributed by atoms with Gasteiger partial charge in [0.05, 0.1) is 16.5 Å². The van der Waals surface area contributed by atoms with Gasteiger partial charge in [-0.1, -0.05) is 158 Å². The molecule has 0 saturated carbocycles. The van der Waals surface area contributed by atoms with Crippen molar-refractivity contribution >= 4 is 49.8 Å². The first kappa shape index (κ1) is 30.3. The van der Waals surface area contributed by atoms with Gasteiger partial charge in [0.1, 0.15) is 11.2 Å². The van der Waals surface area contributed by atoms with Crippen molar-refractivity contribution in [3.63, 3.8) is 0 Å². The smallest absolute Gasteiger partial charge is 0.143 e. The molecule has 1 heterocycles. The average molecular weight is 700 g/mol. The van der Waals surface area contributed by atoms with Gasteiger partial charge >= 0.3 is 0 Å². The molecule has 55 heavy (non-hydrogen) atoms. The Labute approximate surface area is 319 Å². The van der Waals surface area contributed by atoms with Crippen molar-refractivity contribution in [3.05, 3.63) is 222 Å². The Bertz CT molecular complexity index is 3090. The van der Waals surface area contributed by atoms with Gasteiger partial charge in [0.2, 0.25) is 0 Å². The Morgan fingerprint density at radius 3 is 1.60 bits per heavy atom. The molecular formula is C53H33NO. The van der Waals surface area contributed by atoms with Crippen molar-refractivity contribution in [3.8, 4) is 33.4 Å². The number of anilines is 3. The van der Waals surface area contributed by atoms with Crippen LogP contribution in [-0.2, 0) is 5.41 Å². The number of hydrogen-bond acceptors (Lipinski definition) is 2. The van der Waals surface area contributed by atoms with E-state index in [1.165, 1.54) is 61.0 Å². The second kappa shape index (κ2) is 11.4. The topological polar surface area (TPSA) is 16.4 Å². The second-order valence-electron chi connectivity index (χ2n) is 14.8. The van der Waals surface area contributed by atoms with E-state index in [4.69, 9.17) is 4.42 Å². The zero-order valence-electron chi connectivity index (χ0n) is 29.9. The van der Waals surface area contributed by atoms with Crippen molar-refractivity contribution in [2.45, 2.75) is 5.41 Å². The van der Waals surface area contributed by atoms with E-state index in [0.717, 1.165) is 44.4 Å². The maximum atomic E-state index is 6.86. The van der Waals surface area contributed by atoms with Gasteiger partial charge in [-0.05, 0) is 103 Å². The van der Waals surface area contributed by atoms with Crippen LogP contribution in [0.3, 0.4) is 0 Å². The summed E-state index contributed by atoms with van der Waals surface area (Å²) in [6.45, 7) is 0. The first-order chi connectivity index (χ1) is 27.3. The molecule has 0 atom stereocenters. The summed E-state index contributed by atoms with van der Waals surface area (Å²) in [5.41, 5.74) is 17.5. The molecule has 2 aliphatic carbocycles. The van der Waals surface area contributed by atoms with Crippen LogP contribution in [0.1, 0.15) is 22.3 Å². The lowest BCUT2D eigenvalue weighted by atomic mass is 9.70. The molecule has 1 aromatic heterocycles. The number of rotatable bonds is 4. The predicted molar refractivity (Wildman–Crippen MR) is 228 cm³/mol. The van der Waals surface area contributed by atoms with E-state index in [9.17, 15) is 0 Å². The largest absolute Gasteiger partial charge is 0.455 e. The van der Waals surface area contributed by atoms with Crippen molar-refractivity contribution < 1.29 is 4.42 Å². The van der Waals surface area contributed by atoms with E-state index in [1.807, 2.05) is 0 Å². The fourth-order valence-corrected chi connectivity index (χ4v) is 9.90. The van der Waals surface area contributed by atoms with Crippen LogP contribution in [0.25, 0.3) is 66.1 Å². The molecule has 0 N–H and O–H groups in total. The summed E-state index contributed by atoms with van der Waals surface area (Å²) in [6.07, 6.45) is 0. The monoisotopic (exact) mass is 699 g/mol. The van der Waals surface area contributed by atoms with Crippen LogP contribution >= 0.6 is 0 Å². The average Bonchev–Trinajstić information content (AvgIpc) is 3.89. The van der Waals surface area contributed by atoms with Crippen LogP contribution in [0.15, 0.2) is 205 Å². The summed E-state index contributed by atoms with van der Waals surface area (Å²) in [4.78, 5) is 2.43. The highest BCUT2D eigenvalue weighted by Crippen LogP contribution is 2.63. The van der Waals surface area contributed by atoms with Crippen LogP contribution in [0.2, 0.25) is 0 Å². The Hall–Kier alpha value is -7.16. The lowest BCUT2D eigenvalue weighted by Gasteiger charge is -2.32. The number of hydrogen-bond donors (Lipinski definition) is 0. The molecule has 0 aliphatic heterocycles. The summed E-state index contributed by atoms with van der Waals surface area (Å²) in [5, 5.41) is 4.50. The third-order valence-corrected chi connectivity index (χ3v) is 12.1. The fraction of sp³-hybridized carbons (Fsp3) is 0.0189. The summed E-state index contributed by atoms with van der Waals surface area (Å²) < 4.78 is 6.86. The van der Waals surface area contributed by atoms with Crippen molar-refractivity contribution in [1.29, 1.82) is 0 Å². The van der Waals surface area contributed by atoms with Crippen molar-refractivity contribution in [2.75, 3.05) is 4.90 Å². The van der Waals surface area contributed by atoms with Crippen molar-refractivity contribution in [1.82, 2.24) is 0 Å². The van der Waals surface area contributed by atoms with Crippen LogP contribution in [0, 0.1) is 0 Å².